The molecule has 0 radical (unpaired) electrons. The number of aliphatic hydroxyl groups excluding tert-OH is 1. The SMILES string of the molecule is CCOC(=O)[C@H]1[C@@H]2C(=O)N([C@@H](CC)CO)[C@H](C(=O)NCc3ccccc3)[C@H]2C=C[C@H]1C. The molecule has 1 heterocycles. The van der Waals surface area contributed by atoms with Crippen molar-refractivity contribution in [2.24, 2.45) is 23.7 Å². The lowest BCUT2D eigenvalue weighted by atomic mass is 9.70. The fourth-order valence-electron chi connectivity index (χ4n) is 4.84. The summed E-state index contributed by atoms with van der Waals surface area (Å²) in [5, 5.41) is 12.9. The second-order valence-electron chi connectivity index (χ2n) is 8.26. The summed E-state index contributed by atoms with van der Waals surface area (Å²) in [7, 11) is 0. The molecule has 0 bridgehead atoms. The lowest BCUT2D eigenvalue weighted by Crippen LogP contribution is -2.52. The Bertz CT molecular complexity index is 821. The average Bonchev–Trinajstić information content (AvgIpc) is 3.06. The van der Waals surface area contributed by atoms with Crippen LogP contribution in [0.25, 0.3) is 0 Å². The minimum atomic E-state index is -0.779. The fourth-order valence-corrected chi connectivity index (χ4v) is 4.84. The van der Waals surface area contributed by atoms with Gasteiger partial charge in [-0.05, 0) is 24.8 Å². The van der Waals surface area contributed by atoms with Gasteiger partial charge in [-0.25, -0.2) is 0 Å². The molecule has 1 aliphatic heterocycles. The first-order chi connectivity index (χ1) is 14.9. The highest BCUT2D eigenvalue weighted by molar-refractivity contribution is 5.96. The molecule has 0 unspecified atom stereocenters. The topological polar surface area (TPSA) is 95.9 Å². The summed E-state index contributed by atoms with van der Waals surface area (Å²) < 4.78 is 5.26. The summed E-state index contributed by atoms with van der Waals surface area (Å²) >= 11 is 0. The van der Waals surface area contributed by atoms with Crippen molar-refractivity contribution in [1.82, 2.24) is 10.2 Å². The van der Waals surface area contributed by atoms with E-state index in [1.54, 1.807) is 6.92 Å². The highest BCUT2D eigenvalue weighted by Gasteiger charge is 2.58. The van der Waals surface area contributed by atoms with E-state index in [1.807, 2.05) is 56.3 Å². The van der Waals surface area contributed by atoms with E-state index in [0.717, 1.165) is 5.56 Å². The van der Waals surface area contributed by atoms with E-state index < -0.39 is 35.8 Å². The van der Waals surface area contributed by atoms with E-state index in [9.17, 15) is 19.5 Å². The maximum atomic E-state index is 13.5. The predicted molar refractivity (Wildman–Crippen MR) is 115 cm³/mol. The molecule has 1 aliphatic carbocycles. The third-order valence-electron chi connectivity index (χ3n) is 6.42. The summed E-state index contributed by atoms with van der Waals surface area (Å²) in [5.41, 5.74) is 0.953. The van der Waals surface area contributed by atoms with Crippen LogP contribution in [0.1, 0.15) is 32.8 Å². The molecule has 1 fully saturated rings. The lowest BCUT2D eigenvalue weighted by molar-refractivity contribution is -0.155. The molecule has 1 saturated heterocycles. The number of nitrogens with zero attached hydrogens (tertiary/aromatic N) is 1. The zero-order valence-electron chi connectivity index (χ0n) is 18.4. The summed E-state index contributed by atoms with van der Waals surface area (Å²) in [6, 6.07) is 8.28. The standard InChI is InChI=1S/C24H32N2O5/c1-4-17(14-27)26-21(22(28)25-13-16-9-7-6-8-10-16)18-12-11-15(3)19(20(18)23(26)29)24(30)31-5-2/h6-12,15,17-21,27H,4-5,13-14H2,1-3H3,(H,25,28)/t15-,17+,18+,19-,20-,21+/m1/s1. The zero-order chi connectivity index (χ0) is 22.5. The Morgan fingerprint density at radius 2 is 1.90 bits per heavy atom. The number of likely N-dealkylation sites (tertiary alicyclic amines) is 1. The van der Waals surface area contributed by atoms with Crippen LogP contribution in [-0.2, 0) is 25.7 Å². The summed E-state index contributed by atoms with van der Waals surface area (Å²) in [6.45, 7) is 5.82. The third-order valence-corrected chi connectivity index (χ3v) is 6.42. The minimum Gasteiger partial charge on any atom is -0.466 e. The molecule has 6 atom stereocenters. The Kier molecular flexibility index (Phi) is 7.49. The number of esters is 1. The predicted octanol–water partition coefficient (Wildman–Crippen LogP) is 1.90. The van der Waals surface area contributed by atoms with E-state index >= 15 is 0 Å². The average molecular weight is 429 g/mol. The number of carbonyl (C=O) groups excluding carboxylic acids is 3. The van der Waals surface area contributed by atoms with Crippen molar-refractivity contribution >= 4 is 17.8 Å². The Morgan fingerprint density at radius 1 is 1.19 bits per heavy atom. The van der Waals surface area contributed by atoms with Crippen LogP contribution in [-0.4, -0.2) is 53.1 Å². The van der Waals surface area contributed by atoms with Crippen molar-refractivity contribution in [2.75, 3.05) is 13.2 Å². The summed E-state index contributed by atoms with van der Waals surface area (Å²) in [5.74, 6) is -2.90. The van der Waals surface area contributed by atoms with Crippen LogP contribution >= 0.6 is 0 Å². The second kappa shape index (κ2) is 10.1. The number of aliphatic hydroxyl groups is 1. The van der Waals surface area contributed by atoms with Crippen molar-refractivity contribution in [3.05, 3.63) is 48.0 Å². The van der Waals surface area contributed by atoms with Crippen LogP contribution in [0.3, 0.4) is 0 Å². The summed E-state index contributed by atoms with van der Waals surface area (Å²) in [6.07, 6.45) is 4.30. The first-order valence-electron chi connectivity index (χ1n) is 11.0. The number of rotatable bonds is 8. The Hall–Kier alpha value is -2.67. The van der Waals surface area contributed by atoms with Crippen LogP contribution in [0, 0.1) is 23.7 Å². The molecule has 3 rings (SSSR count). The highest BCUT2D eigenvalue weighted by atomic mass is 16.5. The lowest BCUT2D eigenvalue weighted by Gasteiger charge is -2.33. The van der Waals surface area contributed by atoms with Crippen molar-refractivity contribution in [2.45, 2.75) is 45.8 Å². The van der Waals surface area contributed by atoms with E-state index in [4.69, 9.17) is 4.74 Å². The Labute approximate surface area is 183 Å². The number of benzene rings is 1. The molecule has 2 aliphatic rings. The Morgan fingerprint density at radius 3 is 2.52 bits per heavy atom. The van der Waals surface area contributed by atoms with Gasteiger partial charge < -0.3 is 20.1 Å². The molecule has 2 N–H and O–H groups in total. The van der Waals surface area contributed by atoms with Gasteiger partial charge >= 0.3 is 5.97 Å². The normalized spacial score (nSPS) is 28.2. The van der Waals surface area contributed by atoms with Gasteiger partial charge in [0.2, 0.25) is 11.8 Å². The number of allylic oxidation sites excluding steroid dienone is 1. The molecule has 2 amide bonds. The molecule has 1 aromatic rings. The molecule has 7 nitrogen and oxygen atoms in total. The van der Waals surface area contributed by atoms with Gasteiger partial charge in [-0.2, -0.15) is 0 Å². The van der Waals surface area contributed by atoms with Crippen molar-refractivity contribution in [3.63, 3.8) is 0 Å². The molecule has 0 saturated carbocycles. The number of hydrogen-bond acceptors (Lipinski definition) is 5. The van der Waals surface area contributed by atoms with Gasteiger partial charge in [0.15, 0.2) is 0 Å². The van der Waals surface area contributed by atoms with Crippen LogP contribution in [0.4, 0.5) is 0 Å². The van der Waals surface area contributed by atoms with Crippen molar-refractivity contribution < 1.29 is 24.2 Å². The van der Waals surface area contributed by atoms with E-state index in [-0.39, 0.29) is 30.9 Å². The van der Waals surface area contributed by atoms with Gasteiger partial charge in [-0.1, -0.05) is 56.3 Å². The molecular weight excluding hydrogens is 396 g/mol. The second-order valence-corrected chi connectivity index (χ2v) is 8.26. The van der Waals surface area contributed by atoms with Gasteiger partial charge in [-0.15, -0.1) is 0 Å². The Balaban J connectivity index is 1.92. The smallest absolute Gasteiger partial charge is 0.310 e. The number of nitrogens with one attached hydrogen (secondary N) is 1. The van der Waals surface area contributed by atoms with Crippen LogP contribution in [0.5, 0.6) is 0 Å². The maximum Gasteiger partial charge on any atom is 0.310 e. The number of carbonyl (C=O) groups is 3. The van der Waals surface area contributed by atoms with Crippen LogP contribution in [0.15, 0.2) is 42.5 Å². The van der Waals surface area contributed by atoms with Gasteiger partial charge in [-0.3, -0.25) is 14.4 Å². The first-order valence-corrected chi connectivity index (χ1v) is 11.0. The number of ether oxygens (including phenoxy) is 1. The van der Waals surface area contributed by atoms with Gasteiger partial charge in [0.05, 0.1) is 31.1 Å². The maximum absolute atomic E-state index is 13.5. The highest BCUT2D eigenvalue weighted by Crippen LogP contribution is 2.45. The third kappa shape index (κ3) is 4.51. The van der Waals surface area contributed by atoms with E-state index in [1.165, 1.54) is 4.90 Å². The molecule has 31 heavy (non-hydrogen) atoms. The number of amides is 2. The molecule has 0 spiro atoms. The largest absolute Gasteiger partial charge is 0.466 e. The molecule has 1 aromatic carbocycles. The molecule has 168 valence electrons. The quantitative estimate of drug-likeness (QED) is 0.487. The van der Waals surface area contributed by atoms with Crippen molar-refractivity contribution in [1.29, 1.82) is 0 Å². The zero-order valence-corrected chi connectivity index (χ0v) is 18.4. The van der Waals surface area contributed by atoms with Crippen LogP contribution in [0.2, 0.25) is 0 Å². The molecule has 0 aromatic heterocycles. The van der Waals surface area contributed by atoms with E-state index in [0.29, 0.717) is 13.0 Å². The summed E-state index contributed by atoms with van der Waals surface area (Å²) in [4.78, 5) is 41.1. The van der Waals surface area contributed by atoms with E-state index in [2.05, 4.69) is 5.32 Å². The monoisotopic (exact) mass is 428 g/mol. The number of fused-ring (bicyclic) bond motifs is 1. The van der Waals surface area contributed by atoms with Gasteiger partial charge in [0, 0.05) is 12.5 Å². The molecular formula is C24H32N2O5. The fraction of sp³-hybridized carbons (Fsp3) is 0.542. The van der Waals surface area contributed by atoms with Crippen molar-refractivity contribution in [3.8, 4) is 0 Å². The molecule has 7 heteroatoms. The number of hydrogen-bond donors (Lipinski definition) is 2. The van der Waals surface area contributed by atoms with Crippen LogP contribution < -0.4 is 5.32 Å². The first kappa shape index (κ1) is 23.0. The van der Waals surface area contributed by atoms with Gasteiger partial charge in [0.1, 0.15) is 6.04 Å². The minimum absolute atomic E-state index is 0.175. The van der Waals surface area contributed by atoms with Gasteiger partial charge in [0.25, 0.3) is 0 Å².